The molecule has 4 nitrogen and oxygen atoms in total. The third kappa shape index (κ3) is 3.09. The van der Waals surface area contributed by atoms with E-state index in [9.17, 15) is 4.79 Å². The fourth-order valence-corrected chi connectivity index (χ4v) is 2.60. The Bertz CT molecular complexity index is 734. The van der Waals surface area contributed by atoms with Gasteiger partial charge in [-0.25, -0.2) is 0 Å². The van der Waals surface area contributed by atoms with Gasteiger partial charge in [0.05, 0.1) is 11.6 Å². The monoisotopic (exact) mass is 292 g/mol. The molecule has 3 rings (SSSR count). The average molecular weight is 292 g/mol. The summed E-state index contributed by atoms with van der Waals surface area (Å²) >= 11 is 0. The van der Waals surface area contributed by atoms with Crippen LogP contribution >= 0.6 is 0 Å². The molecular formula is C18H16N2O2. The molecule has 110 valence electrons. The minimum absolute atomic E-state index is 0.00293. The summed E-state index contributed by atoms with van der Waals surface area (Å²) in [4.78, 5) is 14.1. The maximum Gasteiger partial charge on any atom is 0.260 e. The molecule has 1 aliphatic heterocycles. The molecule has 1 heterocycles. The highest BCUT2D eigenvalue weighted by molar-refractivity contribution is 5.78. The number of nitrogens with zero attached hydrogens (tertiary/aromatic N) is 2. The molecule has 22 heavy (non-hydrogen) atoms. The zero-order valence-electron chi connectivity index (χ0n) is 12.2. The largest absolute Gasteiger partial charge is 0.484 e. The van der Waals surface area contributed by atoms with Crippen LogP contribution in [0.1, 0.15) is 16.7 Å². The second kappa shape index (κ2) is 6.31. The number of amides is 1. The highest BCUT2D eigenvalue weighted by Crippen LogP contribution is 2.19. The predicted octanol–water partition coefficient (Wildman–Crippen LogP) is 2.52. The molecule has 0 aliphatic carbocycles. The van der Waals surface area contributed by atoms with Gasteiger partial charge in [-0.2, -0.15) is 5.26 Å². The number of nitriles is 1. The smallest absolute Gasteiger partial charge is 0.260 e. The normalized spacial score (nSPS) is 13.1. The van der Waals surface area contributed by atoms with E-state index < -0.39 is 0 Å². The van der Waals surface area contributed by atoms with Crippen LogP contribution in [0.4, 0.5) is 0 Å². The summed E-state index contributed by atoms with van der Waals surface area (Å²) in [5.74, 6) is 0.515. The summed E-state index contributed by atoms with van der Waals surface area (Å²) < 4.78 is 5.51. The van der Waals surface area contributed by atoms with Crippen LogP contribution in [0.15, 0.2) is 48.5 Å². The zero-order valence-corrected chi connectivity index (χ0v) is 12.2. The number of benzene rings is 2. The number of ether oxygens (including phenoxy) is 1. The molecule has 0 spiro atoms. The van der Waals surface area contributed by atoms with Gasteiger partial charge < -0.3 is 9.64 Å². The number of hydrogen-bond acceptors (Lipinski definition) is 3. The van der Waals surface area contributed by atoms with E-state index in [4.69, 9.17) is 10.00 Å². The van der Waals surface area contributed by atoms with E-state index in [1.807, 2.05) is 17.0 Å². The van der Waals surface area contributed by atoms with E-state index in [1.54, 1.807) is 24.3 Å². The number of hydrogen-bond donors (Lipinski definition) is 0. The highest BCUT2D eigenvalue weighted by atomic mass is 16.5. The number of carbonyl (C=O) groups is 1. The minimum atomic E-state index is -0.0307. The van der Waals surface area contributed by atoms with Crippen molar-refractivity contribution in [3.8, 4) is 11.8 Å². The van der Waals surface area contributed by atoms with E-state index in [1.165, 1.54) is 11.1 Å². The Balaban J connectivity index is 1.60. The van der Waals surface area contributed by atoms with Gasteiger partial charge in [0.15, 0.2) is 6.61 Å². The van der Waals surface area contributed by atoms with Crippen molar-refractivity contribution in [1.82, 2.24) is 4.90 Å². The van der Waals surface area contributed by atoms with Crippen LogP contribution in [0.5, 0.6) is 5.75 Å². The molecule has 0 bridgehead atoms. The van der Waals surface area contributed by atoms with Crippen LogP contribution in [-0.4, -0.2) is 24.0 Å². The molecule has 1 amide bonds. The van der Waals surface area contributed by atoms with E-state index in [0.717, 1.165) is 13.0 Å². The fraction of sp³-hybridized carbons (Fsp3) is 0.222. The van der Waals surface area contributed by atoms with Gasteiger partial charge in [0.2, 0.25) is 0 Å². The molecule has 0 atom stereocenters. The Morgan fingerprint density at radius 1 is 1.18 bits per heavy atom. The minimum Gasteiger partial charge on any atom is -0.484 e. The Morgan fingerprint density at radius 3 is 2.82 bits per heavy atom. The van der Waals surface area contributed by atoms with E-state index in [-0.39, 0.29) is 12.5 Å². The lowest BCUT2D eigenvalue weighted by Crippen LogP contribution is -2.38. The number of rotatable bonds is 3. The summed E-state index contributed by atoms with van der Waals surface area (Å²) in [5.41, 5.74) is 3.04. The molecule has 0 aromatic heterocycles. The van der Waals surface area contributed by atoms with Crippen LogP contribution < -0.4 is 4.74 Å². The van der Waals surface area contributed by atoms with Crippen molar-refractivity contribution in [3.05, 3.63) is 65.2 Å². The molecule has 0 radical (unpaired) electrons. The van der Waals surface area contributed by atoms with Crippen molar-refractivity contribution in [2.75, 3.05) is 13.2 Å². The maximum absolute atomic E-state index is 12.3. The van der Waals surface area contributed by atoms with Crippen molar-refractivity contribution in [3.63, 3.8) is 0 Å². The summed E-state index contributed by atoms with van der Waals surface area (Å²) in [5, 5.41) is 8.86. The van der Waals surface area contributed by atoms with Crippen LogP contribution in [0.2, 0.25) is 0 Å². The van der Waals surface area contributed by atoms with Gasteiger partial charge in [0.25, 0.3) is 5.91 Å². The summed E-state index contributed by atoms with van der Waals surface area (Å²) in [6.07, 6.45) is 0.881. The first-order chi connectivity index (χ1) is 10.8. The third-order valence-corrected chi connectivity index (χ3v) is 3.81. The van der Waals surface area contributed by atoms with Gasteiger partial charge in [-0.15, -0.1) is 0 Å². The molecule has 2 aromatic rings. The maximum atomic E-state index is 12.3. The summed E-state index contributed by atoms with van der Waals surface area (Å²) in [7, 11) is 0. The van der Waals surface area contributed by atoms with Gasteiger partial charge in [-0.05, 0) is 35.7 Å². The van der Waals surface area contributed by atoms with Crippen molar-refractivity contribution >= 4 is 5.91 Å². The standard InChI is InChI=1S/C18H16N2O2/c19-11-14-4-3-7-17(10-14)22-13-18(21)20-9-8-15-5-1-2-6-16(15)12-20/h1-7,10H,8-9,12-13H2. The molecule has 0 saturated heterocycles. The quantitative estimate of drug-likeness (QED) is 0.873. The Kier molecular flexibility index (Phi) is 4.06. The third-order valence-electron chi connectivity index (χ3n) is 3.81. The molecule has 2 aromatic carbocycles. The van der Waals surface area contributed by atoms with Gasteiger partial charge >= 0.3 is 0 Å². The Labute approximate surface area is 129 Å². The van der Waals surface area contributed by atoms with Crippen LogP contribution in [0.25, 0.3) is 0 Å². The van der Waals surface area contributed by atoms with Crippen molar-refractivity contribution < 1.29 is 9.53 Å². The zero-order chi connectivity index (χ0) is 15.4. The Morgan fingerprint density at radius 2 is 2.00 bits per heavy atom. The van der Waals surface area contributed by atoms with Gasteiger partial charge in [0.1, 0.15) is 5.75 Å². The molecule has 0 N–H and O–H groups in total. The number of carbonyl (C=O) groups excluding carboxylic acids is 1. The first kappa shape index (κ1) is 14.2. The molecule has 0 saturated carbocycles. The molecule has 0 unspecified atom stereocenters. The van der Waals surface area contributed by atoms with Crippen molar-refractivity contribution in [2.45, 2.75) is 13.0 Å². The molecule has 4 heteroatoms. The molecule has 0 fully saturated rings. The lowest BCUT2D eigenvalue weighted by atomic mass is 10.00. The lowest BCUT2D eigenvalue weighted by Gasteiger charge is -2.28. The lowest BCUT2D eigenvalue weighted by molar-refractivity contribution is -0.134. The second-order valence-electron chi connectivity index (χ2n) is 5.26. The van der Waals surface area contributed by atoms with E-state index in [0.29, 0.717) is 17.9 Å². The SMILES string of the molecule is N#Cc1cccc(OCC(=O)N2CCc3ccccc3C2)c1. The first-order valence-corrected chi connectivity index (χ1v) is 7.24. The van der Waals surface area contributed by atoms with Crippen LogP contribution in [0.3, 0.4) is 0 Å². The number of fused-ring (bicyclic) bond motifs is 1. The predicted molar refractivity (Wildman–Crippen MR) is 82.2 cm³/mol. The van der Waals surface area contributed by atoms with E-state index >= 15 is 0 Å². The van der Waals surface area contributed by atoms with Crippen LogP contribution in [0, 0.1) is 11.3 Å². The van der Waals surface area contributed by atoms with Gasteiger partial charge in [-0.3, -0.25) is 4.79 Å². The Hall–Kier alpha value is -2.80. The average Bonchev–Trinajstić information content (AvgIpc) is 2.59. The fourth-order valence-electron chi connectivity index (χ4n) is 2.60. The summed E-state index contributed by atoms with van der Waals surface area (Å²) in [6.45, 7) is 1.35. The van der Waals surface area contributed by atoms with Gasteiger partial charge in [-0.1, -0.05) is 30.3 Å². The highest BCUT2D eigenvalue weighted by Gasteiger charge is 2.20. The van der Waals surface area contributed by atoms with Crippen molar-refractivity contribution in [2.24, 2.45) is 0 Å². The van der Waals surface area contributed by atoms with Crippen LogP contribution in [-0.2, 0) is 17.8 Å². The molecule has 1 aliphatic rings. The summed E-state index contributed by atoms with van der Waals surface area (Å²) in [6, 6.07) is 17.1. The van der Waals surface area contributed by atoms with Gasteiger partial charge in [0, 0.05) is 13.1 Å². The molecular weight excluding hydrogens is 276 g/mol. The second-order valence-corrected chi connectivity index (χ2v) is 5.26. The van der Waals surface area contributed by atoms with E-state index in [2.05, 4.69) is 18.2 Å². The topological polar surface area (TPSA) is 53.3 Å². The first-order valence-electron chi connectivity index (χ1n) is 7.24. The van der Waals surface area contributed by atoms with Crippen molar-refractivity contribution in [1.29, 1.82) is 5.26 Å².